The van der Waals surface area contributed by atoms with Crippen molar-refractivity contribution in [2.24, 2.45) is 0 Å². The summed E-state index contributed by atoms with van der Waals surface area (Å²) in [5.41, 5.74) is 1.48. The first-order chi connectivity index (χ1) is 11.0. The number of benzene rings is 1. The highest BCUT2D eigenvalue weighted by Crippen LogP contribution is 2.43. The zero-order valence-electron chi connectivity index (χ0n) is 13.3. The van der Waals surface area contributed by atoms with Gasteiger partial charge in [-0.3, -0.25) is 0 Å². The molecule has 0 spiro atoms. The van der Waals surface area contributed by atoms with Gasteiger partial charge in [0.15, 0.2) is 11.5 Å². The summed E-state index contributed by atoms with van der Waals surface area (Å²) in [5, 5.41) is 3.11. The number of terminal acetylenes is 3. The van der Waals surface area contributed by atoms with Crippen molar-refractivity contribution in [3.05, 3.63) is 23.3 Å². The molecule has 0 bridgehead atoms. The van der Waals surface area contributed by atoms with Crippen molar-refractivity contribution in [3.8, 4) is 48.5 Å². The van der Waals surface area contributed by atoms with Gasteiger partial charge in [-0.2, -0.15) is 0 Å². The minimum atomic E-state index is -0.747. The molecule has 4 heteroatoms. The second kappa shape index (κ2) is 7.12. The predicted molar refractivity (Wildman–Crippen MR) is 88.9 cm³/mol. The van der Waals surface area contributed by atoms with Gasteiger partial charge < -0.3 is 19.5 Å². The van der Waals surface area contributed by atoms with Crippen molar-refractivity contribution in [1.29, 1.82) is 0 Å². The highest BCUT2D eigenvalue weighted by Gasteiger charge is 2.34. The van der Waals surface area contributed by atoms with Crippen molar-refractivity contribution in [1.82, 2.24) is 5.32 Å². The fraction of sp³-hybridized carbons (Fsp3) is 0.368. The largest absolute Gasteiger partial charge is 0.449 e. The lowest BCUT2D eigenvalue weighted by Gasteiger charge is -2.18. The van der Waals surface area contributed by atoms with Gasteiger partial charge in [-0.25, -0.2) is 0 Å². The van der Waals surface area contributed by atoms with Crippen LogP contribution in [-0.4, -0.2) is 25.5 Å². The molecule has 0 aliphatic carbocycles. The van der Waals surface area contributed by atoms with E-state index in [0.29, 0.717) is 30.2 Å². The Morgan fingerprint density at radius 1 is 1.22 bits per heavy atom. The van der Waals surface area contributed by atoms with Crippen LogP contribution in [0.4, 0.5) is 0 Å². The Morgan fingerprint density at radius 3 is 2.65 bits per heavy atom. The molecule has 1 aliphatic heterocycles. The summed E-state index contributed by atoms with van der Waals surface area (Å²) < 4.78 is 17.2. The predicted octanol–water partition coefficient (Wildman–Crippen LogP) is 2.09. The monoisotopic (exact) mass is 309 g/mol. The lowest BCUT2D eigenvalue weighted by Crippen LogP contribution is -2.29. The van der Waals surface area contributed by atoms with Crippen molar-refractivity contribution in [2.45, 2.75) is 25.7 Å². The van der Waals surface area contributed by atoms with E-state index in [-0.39, 0.29) is 12.7 Å². The first kappa shape index (κ1) is 16.8. The summed E-state index contributed by atoms with van der Waals surface area (Å²) in [7, 11) is 0. The minimum absolute atomic E-state index is 0.188. The molecular weight excluding hydrogens is 290 g/mol. The standard InChI is InChI=1S/C19H19NO3/c1-6-9-20-13-17(21-10-7-2)15-11-14(8-3)18-16(12-15)22-19(4,5)23-18/h1-3,11-12,17,20H,9-10,13H2,4-5H3. The van der Waals surface area contributed by atoms with Gasteiger partial charge >= 0.3 is 0 Å². The summed E-state index contributed by atoms with van der Waals surface area (Å²) in [6.07, 6.45) is 15.9. The molecule has 118 valence electrons. The van der Waals surface area contributed by atoms with Gasteiger partial charge in [0.2, 0.25) is 5.79 Å². The molecule has 2 rings (SSSR count). The Labute approximate surface area is 137 Å². The molecule has 1 N–H and O–H groups in total. The van der Waals surface area contributed by atoms with Crippen LogP contribution in [0.15, 0.2) is 12.1 Å². The van der Waals surface area contributed by atoms with E-state index in [1.807, 2.05) is 26.0 Å². The molecular formula is C19H19NO3. The highest BCUT2D eigenvalue weighted by molar-refractivity contribution is 5.58. The fourth-order valence-electron chi connectivity index (χ4n) is 2.33. The topological polar surface area (TPSA) is 39.7 Å². The number of hydrogen-bond acceptors (Lipinski definition) is 4. The van der Waals surface area contributed by atoms with E-state index in [2.05, 4.69) is 23.1 Å². The van der Waals surface area contributed by atoms with E-state index in [1.54, 1.807) is 0 Å². The summed E-state index contributed by atoms with van der Waals surface area (Å²) in [6, 6.07) is 3.71. The van der Waals surface area contributed by atoms with Crippen molar-refractivity contribution >= 4 is 0 Å². The third-order valence-electron chi connectivity index (χ3n) is 3.23. The van der Waals surface area contributed by atoms with Crippen LogP contribution in [0, 0.1) is 37.0 Å². The van der Waals surface area contributed by atoms with Gasteiger partial charge in [-0.15, -0.1) is 19.3 Å². The van der Waals surface area contributed by atoms with Gasteiger partial charge in [-0.05, 0) is 17.7 Å². The Bertz CT molecular complexity index is 701. The van der Waals surface area contributed by atoms with Gasteiger partial charge in [-0.1, -0.05) is 17.8 Å². The van der Waals surface area contributed by atoms with E-state index in [4.69, 9.17) is 33.5 Å². The summed E-state index contributed by atoms with van der Waals surface area (Å²) >= 11 is 0. The van der Waals surface area contributed by atoms with E-state index < -0.39 is 5.79 Å². The zero-order chi connectivity index (χ0) is 16.9. The lowest BCUT2D eigenvalue weighted by atomic mass is 10.0. The zero-order valence-corrected chi connectivity index (χ0v) is 13.3. The number of rotatable bonds is 6. The van der Waals surface area contributed by atoms with Gasteiger partial charge in [0, 0.05) is 20.4 Å². The molecule has 0 radical (unpaired) electrons. The second-order valence-electron chi connectivity index (χ2n) is 5.48. The number of ether oxygens (including phenoxy) is 3. The molecule has 1 aromatic carbocycles. The highest BCUT2D eigenvalue weighted by atomic mass is 16.7. The van der Waals surface area contributed by atoms with Gasteiger partial charge in [0.1, 0.15) is 6.61 Å². The van der Waals surface area contributed by atoms with Crippen LogP contribution >= 0.6 is 0 Å². The molecule has 4 nitrogen and oxygen atoms in total. The molecule has 23 heavy (non-hydrogen) atoms. The molecule has 1 aliphatic rings. The summed E-state index contributed by atoms with van der Waals surface area (Å²) in [4.78, 5) is 0. The SMILES string of the molecule is C#CCNCC(OCC#C)c1cc(C#C)c2c(c1)OC(C)(C)O2. The third kappa shape index (κ3) is 3.99. The molecule has 0 amide bonds. The minimum Gasteiger partial charge on any atom is -0.449 e. The number of hydrogen-bond donors (Lipinski definition) is 1. The first-order valence-electron chi connectivity index (χ1n) is 7.22. The first-order valence-corrected chi connectivity index (χ1v) is 7.22. The summed E-state index contributed by atoms with van der Waals surface area (Å²) in [5.74, 6) is 8.05. The lowest BCUT2D eigenvalue weighted by molar-refractivity contribution is -0.0433. The molecule has 1 atom stereocenters. The van der Waals surface area contributed by atoms with Crippen LogP contribution in [0.5, 0.6) is 11.5 Å². The van der Waals surface area contributed by atoms with Crippen LogP contribution in [-0.2, 0) is 4.74 Å². The van der Waals surface area contributed by atoms with E-state index in [9.17, 15) is 0 Å². The van der Waals surface area contributed by atoms with Crippen molar-refractivity contribution < 1.29 is 14.2 Å². The maximum absolute atomic E-state index is 5.79. The molecule has 0 saturated carbocycles. The molecule has 0 saturated heterocycles. The molecule has 0 aromatic heterocycles. The Morgan fingerprint density at radius 2 is 2.00 bits per heavy atom. The summed E-state index contributed by atoms with van der Waals surface area (Å²) in [6.45, 7) is 4.80. The van der Waals surface area contributed by atoms with E-state index >= 15 is 0 Å². The average molecular weight is 309 g/mol. The van der Waals surface area contributed by atoms with Crippen molar-refractivity contribution in [3.63, 3.8) is 0 Å². The van der Waals surface area contributed by atoms with Crippen LogP contribution in [0.2, 0.25) is 0 Å². The van der Waals surface area contributed by atoms with Crippen LogP contribution < -0.4 is 14.8 Å². The van der Waals surface area contributed by atoms with Crippen molar-refractivity contribution in [2.75, 3.05) is 19.7 Å². The smallest absolute Gasteiger partial charge is 0.246 e. The molecule has 1 unspecified atom stereocenters. The number of fused-ring (bicyclic) bond motifs is 1. The van der Waals surface area contributed by atoms with Crippen LogP contribution in [0.25, 0.3) is 0 Å². The normalized spacial score (nSPS) is 15.3. The average Bonchev–Trinajstić information content (AvgIpc) is 2.83. The Kier molecular flexibility index (Phi) is 5.20. The Balaban J connectivity index is 2.32. The fourth-order valence-corrected chi connectivity index (χ4v) is 2.33. The number of nitrogens with one attached hydrogen (secondary N) is 1. The second-order valence-corrected chi connectivity index (χ2v) is 5.48. The molecule has 1 heterocycles. The Hall–Kier alpha value is -2.58. The van der Waals surface area contributed by atoms with E-state index in [1.165, 1.54) is 0 Å². The van der Waals surface area contributed by atoms with E-state index in [0.717, 1.165) is 5.56 Å². The maximum Gasteiger partial charge on any atom is 0.246 e. The molecule has 1 aromatic rings. The van der Waals surface area contributed by atoms with Gasteiger partial charge in [0.25, 0.3) is 0 Å². The maximum atomic E-state index is 5.79. The molecule has 0 fully saturated rings. The third-order valence-corrected chi connectivity index (χ3v) is 3.23. The van der Waals surface area contributed by atoms with Gasteiger partial charge in [0.05, 0.1) is 18.2 Å². The van der Waals surface area contributed by atoms with Crippen LogP contribution in [0.1, 0.15) is 31.1 Å². The van der Waals surface area contributed by atoms with Crippen LogP contribution in [0.3, 0.4) is 0 Å². The quantitative estimate of drug-likeness (QED) is 0.645.